The topological polar surface area (TPSA) is 46.0 Å². The zero-order valence-electron chi connectivity index (χ0n) is 6.03. The van der Waals surface area contributed by atoms with Gasteiger partial charge in [0.15, 0.2) is 5.58 Å². The maximum Gasteiger partial charge on any atom is 0.295 e. The Bertz CT molecular complexity index is 526. The molecule has 0 bridgehead atoms. The minimum Gasteiger partial charge on any atom is -0.379 e. The number of para-hydroxylation sites is 1. The van der Waals surface area contributed by atoms with Crippen molar-refractivity contribution in [3.8, 4) is 0 Å². The fourth-order valence-corrected chi connectivity index (χ4v) is 1.22. The summed E-state index contributed by atoms with van der Waals surface area (Å²) in [4.78, 5) is 11.0. The molecule has 4 heteroatoms. The van der Waals surface area contributed by atoms with Crippen molar-refractivity contribution in [2.24, 2.45) is 0 Å². The number of nitrogens with one attached hydrogen (secondary N) is 1. The van der Waals surface area contributed by atoms with Gasteiger partial charge in [-0.1, -0.05) is 24.4 Å². The first kappa shape index (κ1) is 7.24. The molecular weight excluding hydrogens is 174 g/mol. The van der Waals surface area contributed by atoms with Crippen molar-refractivity contribution in [1.82, 2.24) is 5.16 Å². The summed E-state index contributed by atoms with van der Waals surface area (Å²) in [6.07, 6.45) is 0. The Balaban J connectivity index is 3.11. The van der Waals surface area contributed by atoms with Crippen LogP contribution >= 0.6 is 12.2 Å². The summed E-state index contributed by atoms with van der Waals surface area (Å²) in [6.45, 7) is 0. The first-order chi connectivity index (χ1) is 5.79. The van der Waals surface area contributed by atoms with E-state index in [1.807, 2.05) is 12.1 Å². The van der Waals surface area contributed by atoms with Crippen LogP contribution in [-0.4, -0.2) is 5.16 Å². The van der Waals surface area contributed by atoms with E-state index in [0.717, 1.165) is 0 Å². The smallest absolute Gasteiger partial charge is 0.295 e. The van der Waals surface area contributed by atoms with E-state index in [4.69, 9.17) is 16.7 Å². The zero-order valence-corrected chi connectivity index (χ0v) is 6.85. The van der Waals surface area contributed by atoms with Gasteiger partial charge in [0.2, 0.25) is 0 Å². The third kappa shape index (κ3) is 0.967. The quantitative estimate of drug-likeness (QED) is 0.628. The second kappa shape index (κ2) is 2.57. The van der Waals surface area contributed by atoms with Gasteiger partial charge >= 0.3 is 0 Å². The molecule has 60 valence electrons. The fraction of sp³-hybridized carbons (Fsp3) is 0. The van der Waals surface area contributed by atoms with Crippen LogP contribution in [0.2, 0.25) is 0 Å². The maximum atomic E-state index is 11.0. The van der Waals surface area contributed by atoms with Crippen molar-refractivity contribution in [3.05, 3.63) is 39.1 Å². The zero-order chi connectivity index (χ0) is 8.55. The second-order valence-corrected chi connectivity index (χ2v) is 2.77. The molecule has 0 radical (unpaired) electrons. The Morgan fingerprint density at radius 2 is 2.08 bits per heavy atom. The molecule has 0 saturated carbocycles. The van der Waals surface area contributed by atoms with Crippen LogP contribution in [0.15, 0.2) is 33.6 Å². The van der Waals surface area contributed by atoms with Crippen molar-refractivity contribution in [2.45, 2.75) is 0 Å². The molecule has 0 aliphatic rings. The Labute approximate surface area is 72.6 Å². The monoisotopic (exact) mass is 179 g/mol. The number of aromatic amines is 1. The number of aromatic nitrogens is 1. The predicted octanol–water partition coefficient (Wildman–Crippen LogP) is 1.85. The van der Waals surface area contributed by atoms with Crippen LogP contribution in [0.4, 0.5) is 0 Å². The van der Waals surface area contributed by atoms with Crippen molar-refractivity contribution >= 4 is 23.2 Å². The highest BCUT2D eigenvalue weighted by Crippen LogP contribution is 2.10. The van der Waals surface area contributed by atoms with Gasteiger partial charge in [-0.2, -0.15) is 5.16 Å². The Hall–Kier alpha value is -1.42. The first-order valence-electron chi connectivity index (χ1n) is 3.39. The molecule has 1 aromatic heterocycles. The van der Waals surface area contributed by atoms with Crippen LogP contribution < -0.4 is 5.56 Å². The van der Waals surface area contributed by atoms with E-state index in [9.17, 15) is 4.79 Å². The largest absolute Gasteiger partial charge is 0.379 e. The fourth-order valence-electron chi connectivity index (χ4n) is 1.01. The first-order valence-corrected chi connectivity index (χ1v) is 3.80. The molecule has 0 saturated heterocycles. The number of hydrogen-bond acceptors (Lipinski definition) is 3. The van der Waals surface area contributed by atoms with Crippen LogP contribution in [-0.2, 0) is 0 Å². The van der Waals surface area contributed by atoms with E-state index in [-0.39, 0.29) is 10.1 Å². The van der Waals surface area contributed by atoms with E-state index >= 15 is 0 Å². The molecule has 0 fully saturated rings. The van der Waals surface area contributed by atoms with E-state index in [0.29, 0.717) is 11.0 Å². The molecular formula is C8H5NO2S. The van der Waals surface area contributed by atoms with Gasteiger partial charge in [-0.05, 0) is 12.1 Å². The number of fused-ring (bicyclic) bond motifs is 1. The minimum absolute atomic E-state index is 0.275. The molecule has 0 atom stereocenters. The molecule has 12 heavy (non-hydrogen) atoms. The van der Waals surface area contributed by atoms with Crippen molar-refractivity contribution in [2.75, 3.05) is 0 Å². The van der Waals surface area contributed by atoms with Crippen molar-refractivity contribution in [3.63, 3.8) is 0 Å². The molecule has 0 aliphatic heterocycles. The highest BCUT2D eigenvalue weighted by molar-refractivity contribution is 7.71. The van der Waals surface area contributed by atoms with Gasteiger partial charge < -0.3 is 4.52 Å². The van der Waals surface area contributed by atoms with Gasteiger partial charge in [0.25, 0.3) is 5.56 Å². The van der Waals surface area contributed by atoms with E-state index in [1.165, 1.54) is 0 Å². The summed E-state index contributed by atoms with van der Waals surface area (Å²) in [5.41, 5.74) is 0.241. The molecule has 1 heterocycles. The van der Waals surface area contributed by atoms with Gasteiger partial charge in [0.1, 0.15) is 4.51 Å². The Morgan fingerprint density at radius 3 is 2.92 bits per heavy atom. The SMILES string of the molecule is O=c1[nH]oc2ccccc2c1=S. The average Bonchev–Trinajstić information content (AvgIpc) is 2.12. The standard InChI is InChI=1S/C8H5NO2S/c10-8-7(12)5-3-1-2-4-6(5)11-9-8/h1-4H,(H,9,10). The summed E-state index contributed by atoms with van der Waals surface area (Å²) in [5, 5.41) is 2.88. The van der Waals surface area contributed by atoms with E-state index in [1.54, 1.807) is 12.1 Å². The third-order valence-corrected chi connectivity index (χ3v) is 2.00. The van der Waals surface area contributed by atoms with Gasteiger partial charge in [-0.15, -0.1) is 0 Å². The molecule has 0 aliphatic carbocycles. The number of hydrogen-bond donors (Lipinski definition) is 1. The minimum atomic E-state index is -0.358. The Morgan fingerprint density at radius 1 is 1.33 bits per heavy atom. The third-order valence-electron chi connectivity index (χ3n) is 1.59. The summed E-state index contributed by atoms with van der Waals surface area (Å²) in [5.74, 6) is 0. The van der Waals surface area contributed by atoms with Gasteiger partial charge in [-0.25, -0.2) is 0 Å². The van der Waals surface area contributed by atoms with Gasteiger partial charge in [0.05, 0.1) is 0 Å². The molecule has 2 aromatic rings. The predicted molar refractivity (Wildman–Crippen MR) is 47.7 cm³/mol. The van der Waals surface area contributed by atoms with Crippen LogP contribution in [0.5, 0.6) is 0 Å². The summed E-state index contributed by atoms with van der Waals surface area (Å²) in [7, 11) is 0. The average molecular weight is 179 g/mol. The van der Waals surface area contributed by atoms with Crippen LogP contribution in [0, 0.1) is 4.51 Å². The maximum absolute atomic E-state index is 11.0. The van der Waals surface area contributed by atoms with E-state index in [2.05, 4.69) is 5.16 Å². The molecule has 1 aromatic carbocycles. The summed E-state index contributed by atoms with van der Waals surface area (Å²) in [6, 6.07) is 7.14. The lowest BCUT2D eigenvalue weighted by atomic mass is 10.2. The van der Waals surface area contributed by atoms with Crippen molar-refractivity contribution < 1.29 is 4.52 Å². The molecule has 0 unspecified atom stereocenters. The summed E-state index contributed by atoms with van der Waals surface area (Å²) < 4.78 is 5.19. The molecule has 0 spiro atoms. The lowest BCUT2D eigenvalue weighted by molar-refractivity contribution is 0.431. The second-order valence-electron chi connectivity index (χ2n) is 2.36. The van der Waals surface area contributed by atoms with Crippen LogP contribution in [0.25, 0.3) is 11.0 Å². The van der Waals surface area contributed by atoms with Crippen molar-refractivity contribution in [1.29, 1.82) is 0 Å². The normalized spacial score (nSPS) is 10.3. The van der Waals surface area contributed by atoms with Gasteiger partial charge in [0, 0.05) is 5.39 Å². The lowest BCUT2D eigenvalue weighted by Gasteiger charge is -1.92. The van der Waals surface area contributed by atoms with Crippen LogP contribution in [0.3, 0.4) is 0 Å². The van der Waals surface area contributed by atoms with E-state index < -0.39 is 0 Å². The highest BCUT2D eigenvalue weighted by atomic mass is 32.1. The molecule has 0 amide bonds. The molecule has 2 rings (SSSR count). The van der Waals surface area contributed by atoms with Gasteiger partial charge in [-0.3, -0.25) is 4.79 Å². The number of rotatable bonds is 0. The van der Waals surface area contributed by atoms with Crippen LogP contribution in [0.1, 0.15) is 0 Å². The molecule has 1 N–H and O–H groups in total. The number of benzene rings is 1. The number of H-pyrrole nitrogens is 1. The Kier molecular flexibility index (Phi) is 1.55. The summed E-state index contributed by atoms with van der Waals surface area (Å²) >= 11 is 4.89. The highest BCUT2D eigenvalue weighted by Gasteiger charge is 1.98. The molecule has 3 nitrogen and oxygen atoms in total. The lowest BCUT2D eigenvalue weighted by Crippen LogP contribution is -2.04.